The van der Waals surface area contributed by atoms with Crippen molar-refractivity contribution in [3.8, 4) is 0 Å². The predicted molar refractivity (Wildman–Crippen MR) is 125 cm³/mol. The number of rotatable bonds is 2. The first-order valence-corrected chi connectivity index (χ1v) is 12.6. The Morgan fingerprint density at radius 2 is 1.82 bits per heavy atom. The lowest BCUT2D eigenvalue weighted by molar-refractivity contribution is -0.254. The van der Waals surface area contributed by atoms with Crippen molar-refractivity contribution in [3.63, 3.8) is 0 Å². The van der Waals surface area contributed by atoms with Gasteiger partial charge in [0, 0.05) is 24.2 Å². The topological polar surface area (TPSA) is 79.9 Å². The van der Waals surface area contributed by atoms with E-state index in [1.165, 1.54) is 18.1 Å². The Labute approximate surface area is 197 Å². The summed E-state index contributed by atoms with van der Waals surface area (Å²) in [4.78, 5) is 12.3. The number of hydrogen-bond acceptors (Lipinski definition) is 5. The van der Waals surface area contributed by atoms with Crippen LogP contribution in [0.1, 0.15) is 85.1 Å². The third kappa shape index (κ3) is 2.87. The fourth-order valence-corrected chi connectivity index (χ4v) is 9.22. The first-order valence-electron chi connectivity index (χ1n) is 12.6. The lowest BCUT2D eigenvalue weighted by Gasteiger charge is -2.69. The minimum atomic E-state index is -0.579. The van der Waals surface area contributed by atoms with E-state index in [2.05, 4.69) is 46.8 Å². The van der Waals surface area contributed by atoms with Crippen molar-refractivity contribution in [2.24, 2.45) is 33.5 Å². The number of carbonyl (C=O) groups excluding carboxylic acids is 1. The minimum absolute atomic E-state index is 0.0363. The third-order valence-electron chi connectivity index (χ3n) is 11.0. The summed E-state index contributed by atoms with van der Waals surface area (Å²) < 4.78 is 11.6. The molecule has 9 atom stereocenters. The Bertz CT molecular complexity index is 963. The average molecular weight is 457 g/mol. The zero-order valence-electron chi connectivity index (χ0n) is 20.9. The van der Waals surface area contributed by atoms with Gasteiger partial charge in [0.2, 0.25) is 0 Å². The van der Waals surface area contributed by atoms with E-state index in [-0.39, 0.29) is 45.6 Å². The standard InChI is InChI=1S/C28H40O5/c1-16(29)33-24-13-21-25(2,3)22(30)14-23(31)27(21,5)20-9-11-26(4)18(17-10-12-32-15-17)7-8-19(26)28(20,24)6/h8,10,12,15,18,20-24,30-31H,7,9,11,13-14H2,1-6H3/t18-,20+,21-,22+,23-,24+,26-,27+,28-/m0/s1. The van der Waals surface area contributed by atoms with E-state index < -0.39 is 12.2 Å². The van der Waals surface area contributed by atoms with E-state index in [1.807, 2.05) is 6.26 Å². The molecule has 0 aliphatic heterocycles. The quantitative estimate of drug-likeness (QED) is 0.471. The van der Waals surface area contributed by atoms with Crippen LogP contribution in [0.3, 0.4) is 0 Å². The normalized spacial score (nSPS) is 48.3. The molecule has 0 unspecified atom stereocenters. The number of fused-ring (bicyclic) bond motifs is 5. The minimum Gasteiger partial charge on any atom is -0.472 e. The Balaban J connectivity index is 1.64. The van der Waals surface area contributed by atoms with Gasteiger partial charge >= 0.3 is 5.97 Å². The van der Waals surface area contributed by atoms with Crippen molar-refractivity contribution in [1.82, 2.24) is 0 Å². The van der Waals surface area contributed by atoms with Crippen molar-refractivity contribution < 1.29 is 24.2 Å². The molecule has 2 N–H and O–H groups in total. The number of aliphatic hydroxyl groups excluding tert-OH is 2. The highest BCUT2D eigenvalue weighted by atomic mass is 16.5. The Kier molecular flexibility index (Phi) is 5.06. The van der Waals surface area contributed by atoms with Gasteiger partial charge < -0.3 is 19.4 Å². The summed E-state index contributed by atoms with van der Waals surface area (Å²) in [5.41, 5.74) is 1.51. The maximum Gasteiger partial charge on any atom is 0.302 e. The molecule has 5 nitrogen and oxygen atoms in total. The van der Waals surface area contributed by atoms with Crippen molar-refractivity contribution in [3.05, 3.63) is 35.8 Å². The molecule has 4 aliphatic carbocycles. The van der Waals surface area contributed by atoms with Crippen molar-refractivity contribution in [2.45, 2.75) is 97.9 Å². The number of ether oxygens (including phenoxy) is 1. The zero-order chi connectivity index (χ0) is 24.0. The fourth-order valence-electron chi connectivity index (χ4n) is 9.22. The SMILES string of the molecule is CC(=O)O[C@@H]1C[C@H]2C(C)(C)[C@H](O)C[C@H](O)[C@]2(C)[C@H]2CC[C@]3(C)C(=CC[C@H]3c3ccoc3)[C@]12C. The smallest absolute Gasteiger partial charge is 0.302 e. The van der Waals surface area contributed by atoms with Crippen LogP contribution in [-0.4, -0.2) is 34.5 Å². The largest absolute Gasteiger partial charge is 0.472 e. The Hall–Kier alpha value is -1.59. The van der Waals surface area contributed by atoms with Gasteiger partial charge in [0.25, 0.3) is 0 Å². The number of allylic oxidation sites excluding steroid dienone is 1. The third-order valence-corrected chi connectivity index (χ3v) is 11.0. The molecule has 3 saturated carbocycles. The predicted octanol–water partition coefficient (Wildman–Crippen LogP) is 5.23. The van der Waals surface area contributed by atoms with Gasteiger partial charge in [0.15, 0.2) is 0 Å². The first-order chi connectivity index (χ1) is 15.4. The number of esters is 1. The second kappa shape index (κ2) is 7.21. The van der Waals surface area contributed by atoms with Crippen LogP contribution in [-0.2, 0) is 9.53 Å². The number of aliphatic hydroxyl groups is 2. The molecule has 0 bridgehead atoms. The van der Waals surface area contributed by atoms with E-state index in [1.54, 1.807) is 6.26 Å². The molecular formula is C28H40O5. The summed E-state index contributed by atoms with van der Waals surface area (Å²) in [6, 6.07) is 2.08. The van der Waals surface area contributed by atoms with Crippen molar-refractivity contribution in [1.29, 1.82) is 0 Å². The molecule has 1 aromatic heterocycles. The maximum absolute atomic E-state index is 12.3. The molecule has 0 radical (unpaired) electrons. The fraction of sp³-hybridized carbons (Fsp3) is 0.750. The molecule has 0 amide bonds. The molecule has 1 heterocycles. The second-order valence-electron chi connectivity index (χ2n) is 12.6. The molecule has 3 fully saturated rings. The van der Waals surface area contributed by atoms with E-state index >= 15 is 0 Å². The summed E-state index contributed by atoms with van der Waals surface area (Å²) in [5, 5.41) is 22.4. The van der Waals surface area contributed by atoms with E-state index in [0.717, 1.165) is 19.3 Å². The van der Waals surface area contributed by atoms with Gasteiger partial charge in [0.05, 0.1) is 24.7 Å². The lowest BCUT2D eigenvalue weighted by Crippen LogP contribution is -2.69. The van der Waals surface area contributed by atoms with Gasteiger partial charge in [-0.2, -0.15) is 0 Å². The highest BCUT2D eigenvalue weighted by molar-refractivity contribution is 5.66. The van der Waals surface area contributed by atoms with Crippen LogP contribution in [0.25, 0.3) is 0 Å². The van der Waals surface area contributed by atoms with Gasteiger partial charge in [-0.3, -0.25) is 4.79 Å². The van der Waals surface area contributed by atoms with Crippen LogP contribution < -0.4 is 0 Å². The Morgan fingerprint density at radius 1 is 1.09 bits per heavy atom. The highest BCUT2D eigenvalue weighted by Crippen LogP contribution is 2.74. The second-order valence-corrected chi connectivity index (χ2v) is 12.6. The van der Waals surface area contributed by atoms with Crippen LogP contribution in [0.5, 0.6) is 0 Å². The lowest BCUT2D eigenvalue weighted by atomic mass is 9.36. The number of carbonyl (C=O) groups is 1. The van der Waals surface area contributed by atoms with E-state index in [4.69, 9.17) is 9.15 Å². The molecule has 1 aromatic rings. The van der Waals surface area contributed by atoms with Crippen LogP contribution in [0.4, 0.5) is 0 Å². The monoisotopic (exact) mass is 456 g/mol. The van der Waals surface area contributed by atoms with Gasteiger partial charge in [-0.25, -0.2) is 0 Å². The molecule has 4 aliphatic rings. The molecule has 0 aromatic carbocycles. The molecule has 5 rings (SSSR count). The van der Waals surface area contributed by atoms with Crippen LogP contribution >= 0.6 is 0 Å². The van der Waals surface area contributed by atoms with E-state index in [9.17, 15) is 15.0 Å². The van der Waals surface area contributed by atoms with Crippen LogP contribution in [0.15, 0.2) is 34.7 Å². The first kappa shape index (κ1) is 23.2. The summed E-state index contributed by atoms with van der Waals surface area (Å²) >= 11 is 0. The molecule has 0 spiro atoms. The van der Waals surface area contributed by atoms with Gasteiger partial charge in [-0.1, -0.05) is 46.3 Å². The van der Waals surface area contributed by atoms with Crippen LogP contribution in [0, 0.1) is 33.5 Å². The maximum atomic E-state index is 12.3. The summed E-state index contributed by atoms with van der Waals surface area (Å²) in [6.45, 7) is 12.6. The van der Waals surface area contributed by atoms with Crippen molar-refractivity contribution >= 4 is 5.97 Å². The van der Waals surface area contributed by atoms with Gasteiger partial charge in [-0.15, -0.1) is 0 Å². The van der Waals surface area contributed by atoms with E-state index in [0.29, 0.717) is 18.8 Å². The van der Waals surface area contributed by atoms with Gasteiger partial charge in [0.1, 0.15) is 6.10 Å². The highest BCUT2D eigenvalue weighted by Gasteiger charge is 2.71. The molecular weight excluding hydrogens is 416 g/mol. The Morgan fingerprint density at radius 3 is 2.45 bits per heavy atom. The summed E-state index contributed by atoms with van der Waals surface area (Å²) in [7, 11) is 0. The molecule has 0 saturated heterocycles. The van der Waals surface area contributed by atoms with Gasteiger partial charge in [-0.05, 0) is 65.9 Å². The molecule has 182 valence electrons. The van der Waals surface area contributed by atoms with Crippen LogP contribution in [0.2, 0.25) is 0 Å². The number of furan rings is 1. The summed E-state index contributed by atoms with van der Waals surface area (Å²) in [5.74, 6) is 0.317. The zero-order valence-corrected chi connectivity index (χ0v) is 20.9. The summed E-state index contributed by atoms with van der Waals surface area (Å²) in [6.07, 6.45) is 8.61. The average Bonchev–Trinajstić information content (AvgIpc) is 3.36. The number of hydrogen-bond donors (Lipinski definition) is 2. The molecule has 33 heavy (non-hydrogen) atoms. The molecule has 5 heteroatoms. The van der Waals surface area contributed by atoms with Crippen molar-refractivity contribution in [2.75, 3.05) is 0 Å².